The van der Waals surface area contributed by atoms with Crippen molar-refractivity contribution < 1.29 is 9.47 Å². The molecular weight excluding hydrogens is 318 g/mol. The highest BCUT2D eigenvalue weighted by Gasteiger charge is 2.42. The van der Waals surface area contributed by atoms with Crippen LogP contribution in [0, 0.1) is 5.41 Å². The molecule has 140 valence electrons. The van der Waals surface area contributed by atoms with E-state index in [-0.39, 0.29) is 6.10 Å². The molecule has 1 saturated heterocycles. The third kappa shape index (κ3) is 4.73. The Labute approximate surface area is 150 Å². The zero-order chi connectivity index (χ0) is 17.7. The largest absolute Gasteiger partial charge is 0.385 e. The zero-order valence-electron chi connectivity index (χ0n) is 15.7. The monoisotopic (exact) mass is 349 g/mol. The van der Waals surface area contributed by atoms with E-state index in [1.807, 2.05) is 24.1 Å². The summed E-state index contributed by atoms with van der Waals surface area (Å²) in [7, 11) is 3.71. The van der Waals surface area contributed by atoms with E-state index < -0.39 is 0 Å². The normalized spacial score (nSPS) is 22.9. The number of aliphatic imine (C=N–C) groups is 1. The van der Waals surface area contributed by atoms with Crippen LogP contribution in [-0.4, -0.2) is 67.1 Å². The van der Waals surface area contributed by atoms with Gasteiger partial charge in [-0.25, -0.2) is 0 Å². The number of morpholine rings is 1. The van der Waals surface area contributed by atoms with Gasteiger partial charge in [-0.05, 0) is 31.6 Å². The molecule has 1 aromatic rings. The summed E-state index contributed by atoms with van der Waals surface area (Å²) >= 11 is 0. The number of rotatable bonds is 7. The first-order chi connectivity index (χ1) is 12.2. The standard InChI is InChI=1S/C18H31N5O2/c1-4-19-17(20-14-18(5-6-18)7-9-24-3)23-8-10-25-16(13-23)15-11-21-22(2)12-15/h11-12,16H,4-10,13-14H2,1-3H3,(H,19,20). The smallest absolute Gasteiger partial charge is 0.194 e. The maximum Gasteiger partial charge on any atom is 0.194 e. The van der Waals surface area contributed by atoms with Crippen molar-refractivity contribution in [3.05, 3.63) is 18.0 Å². The maximum absolute atomic E-state index is 5.95. The van der Waals surface area contributed by atoms with Crippen LogP contribution in [0.15, 0.2) is 17.4 Å². The van der Waals surface area contributed by atoms with Crippen LogP contribution in [0.4, 0.5) is 0 Å². The van der Waals surface area contributed by atoms with Gasteiger partial charge in [0.15, 0.2) is 5.96 Å². The molecule has 7 heteroatoms. The quantitative estimate of drug-likeness (QED) is 0.598. The number of methoxy groups -OCH3 is 1. The number of nitrogens with one attached hydrogen (secondary N) is 1. The molecule has 0 amide bonds. The van der Waals surface area contributed by atoms with Crippen molar-refractivity contribution in [3.8, 4) is 0 Å². The molecule has 0 spiro atoms. The van der Waals surface area contributed by atoms with E-state index in [0.29, 0.717) is 12.0 Å². The Morgan fingerprint density at radius 1 is 1.52 bits per heavy atom. The summed E-state index contributed by atoms with van der Waals surface area (Å²) in [6.45, 7) is 7.08. The summed E-state index contributed by atoms with van der Waals surface area (Å²) in [6, 6.07) is 0. The third-order valence-corrected chi connectivity index (χ3v) is 5.16. The average molecular weight is 349 g/mol. The van der Waals surface area contributed by atoms with Crippen molar-refractivity contribution in [2.75, 3.05) is 46.5 Å². The van der Waals surface area contributed by atoms with E-state index in [1.54, 1.807) is 7.11 Å². The predicted molar refractivity (Wildman–Crippen MR) is 97.6 cm³/mol. The Balaban J connectivity index is 1.64. The second-order valence-corrected chi connectivity index (χ2v) is 7.17. The minimum absolute atomic E-state index is 0.0506. The molecule has 7 nitrogen and oxygen atoms in total. The fourth-order valence-electron chi connectivity index (χ4n) is 3.30. The van der Waals surface area contributed by atoms with Crippen LogP contribution in [0.5, 0.6) is 0 Å². The van der Waals surface area contributed by atoms with Gasteiger partial charge in [-0.2, -0.15) is 5.10 Å². The summed E-state index contributed by atoms with van der Waals surface area (Å²) < 4.78 is 13.0. The fraction of sp³-hybridized carbons (Fsp3) is 0.778. The van der Waals surface area contributed by atoms with E-state index in [4.69, 9.17) is 14.5 Å². The van der Waals surface area contributed by atoms with Gasteiger partial charge in [0.1, 0.15) is 6.10 Å². The lowest BCUT2D eigenvalue weighted by atomic mass is 10.0. The highest BCUT2D eigenvalue weighted by atomic mass is 16.5. The maximum atomic E-state index is 5.95. The minimum atomic E-state index is 0.0506. The van der Waals surface area contributed by atoms with Crippen molar-refractivity contribution in [1.29, 1.82) is 0 Å². The Kier molecular flexibility index (Phi) is 5.96. The molecule has 0 bridgehead atoms. The zero-order valence-corrected chi connectivity index (χ0v) is 15.7. The van der Waals surface area contributed by atoms with E-state index >= 15 is 0 Å². The average Bonchev–Trinajstić information content (AvgIpc) is 3.27. The van der Waals surface area contributed by atoms with Crippen molar-refractivity contribution in [2.45, 2.75) is 32.3 Å². The van der Waals surface area contributed by atoms with Gasteiger partial charge in [0.2, 0.25) is 0 Å². The number of ether oxygens (including phenoxy) is 2. The molecule has 1 saturated carbocycles. The van der Waals surface area contributed by atoms with Crippen LogP contribution < -0.4 is 5.32 Å². The summed E-state index contributed by atoms with van der Waals surface area (Å²) in [4.78, 5) is 7.27. The molecule has 1 N–H and O–H groups in total. The van der Waals surface area contributed by atoms with Gasteiger partial charge >= 0.3 is 0 Å². The Morgan fingerprint density at radius 2 is 2.36 bits per heavy atom. The van der Waals surface area contributed by atoms with Crippen molar-refractivity contribution in [2.24, 2.45) is 17.5 Å². The molecule has 1 unspecified atom stereocenters. The Morgan fingerprint density at radius 3 is 3.00 bits per heavy atom. The van der Waals surface area contributed by atoms with Crippen LogP contribution in [0.1, 0.15) is 37.9 Å². The minimum Gasteiger partial charge on any atom is -0.385 e. The molecule has 0 radical (unpaired) electrons. The Hall–Kier alpha value is -1.60. The molecule has 1 aliphatic carbocycles. The molecule has 1 atom stereocenters. The van der Waals surface area contributed by atoms with E-state index in [2.05, 4.69) is 22.2 Å². The fourth-order valence-corrected chi connectivity index (χ4v) is 3.30. The van der Waals surface area contributed by atoms with Crippen LogP contribution >= 0.6 is 0 Å². The topological polar surface area (TPSA) is 63.9 Å². The van der Waals surface area contributed by atoms with E-state index in [1.165, 1.54) is 12.8 Å². The third-order valence-electron chi connectivity index (χ3n) is 5.16. The number of aryl methyl sites for hydroxylation is 1. The first-order valence-corrected chi connectivity index (χ1v) is 9.28. The van der Waals surface area contributed by atoms with Gasteiger partial charge in [0.05, 0.1) is 19.3 Å². The lowest BCUT2D eigenvalue weighted by Crippen LogP contribution is -2.48. The molecular formula is C18H31N5O2. The number of hydrogen-bond acceptors (Lipinski definition) is 4. The molecule has 2 fully saturated rings. The predicted octanol–water partition coefficient (Wildman–Crippen LogP) is 1.58. The first kappa shape index (κ1) is 18.2. The molecule has 2 aliphatic rings. The molecule has 2 heterocycles. The van der Waals surface area contributed by atoms with Crippen LogP contribution in [0.2, 0.25) is 0 Å². The van der Waals surface area contributed by atoms with Gasteiger partial charge in [0.25, 0.3) is 0 Å². The first-order valence-electron chi connectivity index (χ1n) is 9.28. The van der Waals surface area contributed by atoms with Crippen LogP contribution in [-0.2, 0) is 16.5 Å². The summed E-state index contributed by atoms with van der Waals surface area (Å²) in [5.74, 6) is 1.00. The summed E-state index contributed by atoms with van der Waals surface area (Å²) in [6.07, 6.45) is 7.61. The summed E-state index contributed by atoms with van der Waals surface area (Å²) in [5, 5.41) is 7.72. The van der Waals surface area contributed by atoms with Gasteiger partial charge in [-0.1, -0.05) is 0 Å². The molecule has 0 aromatic carbocycles. The second kappa shape index (κ2) is 8.19. The number of hydrogen-bond donors (Lipinski definition) is 1. The lowest BCUT2D eigenvalue weighted by Gasteiger charge is -2.35. The Bertz CT molecular complexity index is 582. The number of guanidine groups is 1. The van der Waals surface area contributed by atoms with Gasteiger partial charge < -0.3 is 19.7 Å². The van der Waals surface area contributed by atoms with Crippen molar-refractivity contribution >= 4 is 5.96 Å². The van der Waals surface area contributed by atoms with E-state index in [0.717, 1.165) is 50.7 Å². The molecule has 1 aliphatic heterocycles. The molecule has 1 aromatic heterocycles. The van der Waals surface area contributed by atoms with Crippen molar-refractivity contribution in [1.82, 2.24) is 20.0 Å². The highest BCUT2D eigenvalue weighted by Crippen LogP contribution is 2.49. The van der Waals surface area contributed by atoms with Gasteiger partial charge in [-0.3, -0.25) is 9.67 Å². The lowest BCUT2D eigenvalue weighted by molar-refractivity contribution is -0.00807. The SMILES string of the molecule is CCNC(=NCC1(CCOC)CC1)N1CCOC(c2cnn(C)c2)C1. The van der Waals surface area contributed by atoms with Crippen LogP contribution in [0.25, 0.3) is 0 Å². The number of aromatic nitrogens is 2. The number of nitrogens with zero attached hydrogens (tertiary/aromatic N) is 4. The van der Waals surface area contributed by atoms with Gasteiger partial charge in [-0.15, -0.1) is 0 Å². The van der Waals surface area contributed by atoms with Crippen molar-refractivity contribution in [3.63, 3.8) is 0 Å². The van der Waals surface area contributed by atoms with E-state index in [9.17, 15) is 0 Å². The molecule has 3 rings (SSSR count). The summed E-state index contributed by atoms with van der Waals surface area (Å²) in [5.41, 5.74) is 1.49. The van der Waals surface area contributed by atoms with Gasteiger partial charge in [0, 0.05) is 52.2 Å². The molecule has 25 heavy (non-hydrogen) atoms. The highest BCUT2D eigenvalue weighted by molar-refractivity contribution is 5.80. The van der Waals surface area contributed by atoms with Crippen LogP contribution in [0.3, 0.4) is 0 Å². The second-order valence-electron chi connectivity index (χ2n) is 7.17.